The summed E-state index contributed by atoms with van der Waals surface area (Å²) in [5.41, 5.74) is 1.22. The number of carboxylic acids is 1. The van der Waals surface area contributed by atoms with Gasteiger partial charge < -0.3 is 10.4 Å². The molecule has 0 unspecified atom stereocenters. The van der Waals surface area contributed by atoms with Gasteiger partial charge in [-0.15, -0.1) is 0 Å². The average Bonchev–Trinajstić information content (AvgIpc) is 2.45. The number of amides is 1. The van der Waals surface area contributed by atoms with Crippen molar-refractivity contribution in [2.24, 2.45) is 0 Å². The van der Waals surface area contributed by atoms with Gasteiger partial charge in [-0.25, -0.2) is 4.79 Å². The Labute approximate surface area is 104 Å². The van der Waals surface area contributed by atoms with Crippen molar-refractivity contribution in [1.82, 2.24) is 0 Å². The molecule has 0 bridgehead atoms. The Morgan fingerprint density at radius 2 is 2.06 bits per heavy atom. The third kappa shape index (κ3) is 1.52. The fourth-order valence-electron chi connectivity index (χ4n) is 2.00. The summed E-state index contributed by atoms with van der Waals surface area (Å²) in [5, 5.41) is 12.0. The van der Waals surface area contributed by atoms with Gasteiger partial charge in [0.05, 0.1) is 16.0 Å². The lowest BCUT2D eigenvalue weighted by molar-refractivity contribution is -0.119. The molecule has 0 aliphatic carbocycles. The van der Waals surface area contributed by atoms with Crippen molar-refractivity contribution in [2.45, 2.75) is 26.2 Å². The minimum absolute atomic E-state index is 0.0347. The van der Waals surface area contributed by atoms with Crippen molar-refractivity contribution in [3.8, 4) is 0 Å². The quantitative estimate of drug-likeness (QED) is 0.808. The Hall–Kier alpha value is -1.55. The van der Waals surface area contributed by atoms with E-state index in [4.69, 9.17) is 16.7 Å². The number of nitrogens with one attached hydrogen (secondary N) is 1. The molecular formula is C12H12ClNO3. The maximum Gasteiger partial charge on any atom is 0.337 e. The summed E-state index contributed by atoms with van der Waals surface area (Å²) in [6.45, 7) is 5.22. The first kappa shape index (κ1) is 11.9. The van der Waals surface area contributed by atoms with Gasteiger partial charge in [-0.2, -0.15) is 0 Å². The molecule has 17 heavy (non-hydrogen) atoms. The molecule has 1 aromatic carbocycles. The summed E-state index contributed by atoms with van der Waals surface area (Å²) >= 11 is 5.98. The maximum absolute atomic E-state index is 11.8. The normalized spacial score (nSPS) is 16.6. The number of hydrogen-bond donors (Lipinski definition) is 2. The molecule has 0 atom stereocenters. The van der Waals surface area contributed by atoms with Crippen molar-refractivity contribution in [1.29, 1.82) is 0 Å². The van der Waals surface area contributed by atoms with E-state index < -0.39 is 11.4 Å². The number of fused-ring (bicyclic) bond motifs is 1. The van der Waals surface area contributed by atoms with Crippen LogP contribution in [0, 0.1) is 6.92 Å². The molecule has 0 spiro atoms. The smallest absolute Gasteiger partial charge is 0.337 e. The molecule has 1 aliphatic rings. The van der Waals surface area contributed by atoms with Gasteiger partial charge in [0.25, 0.3) is 0 Å². The molecule has 0 aromatic heterocycles. The van der Waals surface area contributed by atoms with Crippen molar-refractivity contribution in [2.75, 3.05) is 5.32 Å². The van der Waals surface area contributed by atoms with E-state index in [0.29, 0.717) is 16.8 Å². The van der Waals surface area contributed by atoms with Crippen LogP contribution < -0.4 is 5.32 Å². The van der Waals surface area contributed by atoms with Crippen LogP contribution in [0.25, 0.3) is 0 Å². The molecule has 0 fully saturated rings. The first-order chi connectivity index (χ1) is 7.76. The fraction of sp³-hybridized carbons (Fsp3) is 0.333. The predicted molar refractivity (Wildman–Crippen MR) is 64.8 cm³/mol. The van der Waals surface area contributed by atoms with Crippen LogP contribution in [0.2, 0.25) is 5.02 Å². The lowest BCUT2D eigenvalue weighted by atomic mass is 9.84. The van der Waals surface area contributed by atoms with E-state index >= 15 is 0 Å². The number of anilines is 1. The molecule has 4 nitrogen and oxygen atoms in total. The van der Waals surface area contributed by atoms with Crippen LogP contribution >= 0.6 is 11.6 Å². The van der Waals surface area contributed by atoms with Crippen LogP contribution in [-0.4, -0.2) is 17.0 Å². The number of carbonyl (C=O) groups excluding carboxylic acids is 1. The summed E-state index contributed by atoms with van der Waals surface area (Å²) in [6, 6.07) is 1.48. The van der Waals surface area contributed by atoms with E-state index in [-0.39, 0.29) is 16.5 Å². The number of carbonyl (C=O) groups is 2. The Bertz CT molecular complexity index is 549. The summed E-state index contributed by atoms with van der Waals surface area (Å²) in [6.07, 6.45) is 0. The first-order valence-corrected chi connectivity index (χ1v) is 5.53. The minimum atomic E-state index is -1.09. The largest absolute Gasteiger partial charge is 0.478 e. The van der Waals surface area contributed by atoms with Gasteiger partial charge >= 0.3 is 5.97 Å². The third-order valence-corrected chi connectivity index (χ3v) is 3.70. The second kappa shape index (κ2) is 3.47. The molecule has 0 radical (unpaired) electrons. The lowest BCUT2D eigenvalue weighted by Crippen LogP contribution is -2.27. The standard InChI is InChI=1S/C12H12ClNO3/c1-5-8(13)6(10(15)16)4-7-9(5)14-11(17)12(7,2)3/h4H,1-3H3,(H,14,17)(H,15,16). The zero-order chi connectivity index (χ0) is 13.0. The highest BCUT2D eigenvalue weighted by molar-refractivity contribution is 6.35. The molecule has 90 valence electrons. The molecular weight excluding hydrogens is 242 g/mol. The first-order valence-electron chi connectivity index (χ1n) is 5.15. The van der Waals surface area contributed by atoms with Gasteiger partial charge in [0, 0.05) is 5.69 Å². The topological polar surface area (TPSA) is 66.4 Å². The Balaban J connectivity index is 2.78. The van der Waals surface area contributed by atoms with Crippen LogP contribution in [-0.2, 0) is 10.2 Å². The lowest BCUT2D eigenvalue weighted by Gasteiger charge is -2.16. The van der Waals surface area contributed by atoms with Crippen molar-refractivity contribution in [3.05, 3.63) is 27.8 Å². The monoisotopic (exact) mass is 253 g/mol. The van der Waals surface area contributed by atoms with Crippen molar-refractivity contribution < 1.29 is 14.7 Å². The molecule has 2 rings (SSSR count). The molecule has 5 heteroatoms. The van der Waals surface area contributed by atoms with E-state index in [2.05, 4.69) is 5.32 Å². The summed E-state index contributed by atoms with van der Waals surface area (Å²) in [4.78, 5) is 22.9. The highest BCUT2D eigenvalue weighted by Crippen LogP contribution is 2.42. The Morgan fingerprint density at radius 3 is 2.59 bits per heavy atom. The van der Waals surface area contributed by atoms with Crippen molar-refractivity contribution in [3.63, 3.8) is 0 Å². The van der Waals surface area contributed by atoms with E-state index in [1.165, 1.54) is 6.07 Å². The van der Waals surface area contributed by atoms with Crippen LogP contribution in [0.1, 0.15) is 35.3 Å². The van der Waals surface area contributed by atoms with E-state index in [1.807, 2.05) is 0 Å². The zero-order valence-corrected chi connectivity index (χ0v) is 10.5. The summed E-state index contributed by atoms with van der Waals surface area (Å²) < 4.78 is 0. The van der Waals surface area contributed by atoms with Gasteiger partial charge in [-0.05, 0) is 38.0 Å². The number of hydrogen-bond acceptors (Lipinski definition) is 2. The zero-order valence-electron chi connectivity index (χ0n) is 9.72. The second-order valence-corrected chi connectivity index (χ2v) is 5.05. The number of rotatable bonds is 1. The highest BCUT2D eigenvalue weighted by atomic mass is 35.5. The minimum Gasteiger partial charge on any atom is -0.478 e. The molecule has 1 aromatic rings. The number of carboxylic acid groups (broad SMARTS) is 1. The SMILES string of the molecule is Cc1c(Cl)c(C(=O)O)cc2c1NC(=O)C2(C)C. The Morgan fingerprint density at radius 1 is 1.47 bits per heavy atom. The average molecular weight is 254 g/mol. The molecule has 0 saturated heterocycles. The van der Waals surface area contributed by atoms with Crippen LogP contribution in [0.5, 0.6) is 0 Å². The van der Waals surface area contributed by atoms with E-state index in [0.717, 1.165) is 0 Å². The predicted octanol–water partition coefficient (Wildman–Crippen LogP) is 2.58. The molecule has 2 N–H and O–H groups in total. The summed E-state index contributed by atoms with van der Waals surface area (Å²) in [7, 11) is 0. The molecule has 1 amide bonds. The highest BCUT2D eigenvalue weighted by Gasteiger charge is 2.40. The Kier molecular flexibility index (Phi) is 2.43. The van der Waals surface area contributed by atoms with Crippen LogP contribution in [0.4, 0.5) is 5.69 Å². The van der Waals surface area contributed by atoms with Gasteiger partial charge in [-0.1, -0.05) is 11.6 Å². The van der Waals surface area contributed by atoms with Crippen molar-refractivity contribution >= 4 is 29.2 Å². The molecule has 0 saturated carbocycles. The molecule has 1 heterocycles. The number of aromatic carboxylic acids is 1. The van der Waals surface area contributed by atoms with Gasteiger partial charge in [0.1, 0.15) is 0 Å². The van der Waals surface area contributed by atoms with E-state index in [1.54, 1.807) is 20.8 Å². The van der Waals surface area contributed by atoms with Crippen LogP contribution in [0.3, 0.4) is 0 Å². The second-order valence-electron chi connectivity index (χ2n) is 4.67. The third-order valence-electron chi connectivity index (χ3n) is 3.21. The maximum atomic E-state index is 11.8. The number of halogens is 1. The van der Waals surface area contributed by atoms with Crippen LogP contribution in [0.15, 0.2) is 6.07 Å². The van der Waals surface area contributed by atoms with Gasteiger partial charge in [0.2, 0.25) is 5.91 Å². The van der Waals surface area contributed by atoms with E-state index in [9.17, 15) is 9.59 Å². The fourth-order valence-corrected chi connectivity index (χ4v) is 2.23. The molecule has 1 aliphatic heterocycles. The number of benzene rings is 1. The van der Waals surface area contributed by atoms with Gasteiger partial charge in [-0.3, -0.25) is 4.79 Å². The summed E-state index contributed by atoms with van der Waals surface area (Å²) in [5.74, 6) is -1.23. The van der Waals surface area contributed by atoms with Gasteiger partial charge in [0.15, 0.2) is 0 Å².